The molecule has 1 spiro atoms. The molecule has 26 heavy (non-hydrogen) atoms. The van der Waals surface area contributed by atoms with Crippen molar-refractivity contribution in [3.63, 3.8) is 0 Å². The van der Waals surface area contributed by atoms with Gasteiger partial charge in [0.25, 0.3) is 5.91 Å². The summed E-state index contributed by atoms with van der Waals surface area (Å²) in [5.74, 6) is 0.295. The maximum atomic E-state index is 13.2. The van der Waals surface area contributed by atoms with Crippen LogP contribution in [0.25, 0.3) is 10.9 Å². The zero-order chi connectivity index (χ0) is 17.7. The molecule has 1 unspecified atom stereocenters. The molecule has 3 aromatic rings. The number of amides is 1. The average molecular weight is 348 g/mol. The first-order chi connectivity index (χ1) is 12.7. The van der Waals surface area contributed by atoms with Gasteiger partial charge in [-0.1, -0.05) is 18.2 Å². The van der Waals surface area contributed by atoms with Gasteiger partial charge in [0.2, 0.25) is 5.95 Å². The van der Waals surface area contributed by atoms with Gasteiger partial charge in [0.15, 0.2) is 5.69 Å². The average Bonchev–Trinajstić information content (AvgIpc) is 3.24. The van der Waals surface area contributed by atoms with E-state index in [1.807, 2.05) is 35.4 Å². The second kappa shape index (κ2) is 5.52. The highest BCUT2D eigenvalue weighted by atomic mass is 16.2. The van der Waals surface area contributed by atoms with E-state index in [-0.39, 0.29) is 11.3 Å². The normalized spacial score (nSPS) is 22.1. The first-order valence-electron chi connectivity index (χ1n) is 9.01. The lowest BCUT2D eigenvalue weighted by Gasteiger charge is -2.40. The third-order valence-electron chi connectivity index (χ3n) is 5.80. The Morgan fingerprint density at radius 1 is 1.27 bits per heavy atom. The van der Waals surface area contributed by atoms with E-state index >= 15 is 0 Å². The molecule has 0 bridgehead atoms. The van der Waals surface area contributed by atoms with E-state index in [2.05, 4.69) is 20.2 Å². The van der Waals surface area contributed by atoms with E-state index in [1.54, 1.807) is 0 Å². The number of aromatic amines is 1. The maximum absolute atomic E-state index is 13.2. The van der Waals surface area contributed by atoms with Gasteiger partial charge in [0, 0.05) is 30.1 Å². The number of hydrogen-bond acceptors (Lipinski definition) is 5. The molecule has 1 aliphatic carbocycles. The van der Waals surface area contributed by atoms with Gasteiger partial charge in [-0.2, -0.15) is 5.10 Å². The quantitative estimate of drug-likeness (QED) is 0.701. The zero-order valence-electron chi connectivity index (χ0n) is 14.4. The number of carbonyl (C=O) groups is 1. The van der Waals surface area contributed by atoms with Crippen molar-refractivity contribution < 1.29 is 4.79 Å². The Morgan fingerprint density at radius 3 is 3.08 bits per heavy atom. The van der Waals surface area contributed by atoms with Crippen molar-refractivity contribution in [1.82, 2.24) is 25.1 Å². The van der Waals surface area contributed by atoms with Gasteiger partial charge in [-0.25, -0.2) is 9.97 Å². The Balaban J connectivity index is 1.49. The Labute approximate surface area is 150 Å². The number of piperidine rings is 1. The van der Waals surface area contributed by atoms with Crippen LogP contribution in [0.15, 0.2) is 30.5 Å². The molecule has 7 nitrogen and oxygen atoms in total. The van der Waals surface area contributed by atoms with E-state index in [9.17, 15) is 4.79 Å². The van der Waals surface area contributed by atoms with Crippen molar-refractivity contribution in [2.45, 2.75) is 31.1 Å². The molecule has 0 radical (unpaired) electrons. The minimum absolute atomic E-state index is 0.0167. The van der Waals surface area contributed by atoms with Crippen LogP contribution >= 0.6 is 0 Å². The van der Waals surface area contributed by atoms with Crippen molar-refractivity contribution in [1.29, 1.82) is 0 Å². The first kappa shape index (κ1) is 15.3. The van der Waals surface area contributed by atoms with Crippen LogP contribution in [0, 0.1) is 0 Å². The summed E-state index contributed by atoms with van der Waals surface area (Å²) < 4.78 is 0. The lowest BCUT2D eigenvalue weighted by molar-refractivity contribution is 0.0629. The fraction of sp³-hybridized carbons (Fsp3) is 0.368. The molecule has 0 saturated carbocycles. The van der Waals surface area contributed by atoms with Gasteiger partial charge in [-0.3, -0.25) is 9.89 Å². The standard InChI is InChI=1S/C19H20N6O/c20-18-21-10-12-6-8-19(16(12)22-18)7-3-9-25(11-19)17(26)15-13-4-1-2-5-14(13)23-24-15/h1-2,4-5,10H,3,6-9,11H2,(H,23,24)(H2,20,21,22). The zero-order valence-corrected chi connectivity index (χ0v) is 14.4. The van der Waals surface area contributed by atoms with Crippen LogP contribution in [-0.2, 0) is 11.8 Å². The molecule has 2 aromatic heterocycles. The van der Waals surface area contributed by atoms with Crippen molar-refractivity contribution in [3.8, 4) is 0 Å². The number of benzene rings is 1. The van der Waals surface area contributed by atoms with Crippen molar-refractivity contribution in [2.24, 2.45) is 0 Å². The number of fused-ring (bicyclic) bond motifs is 3. The first-order valence-corrected chi connectivity index (χ1v) is 9.01. The van der Waals surface area contributed by atoms with E-state index in [0.717, 1.165) is 48.8 Å². The summed E-state index contributed by atoms with van der Waals surface area (Å²) in [5, 5.41) is 8.11. The number of nitrogens with zero attached hydrogens (tertiary/aromatic N) is 4. The number of nitrogen functional groups attached to an aromatic ring is 1. The second-order valence-electron chi connectivity index (χ2n) is 7.33. The topological polar surface area (TPSA) is 101 Å². The van der Waals surface area contributed by atoms with E-state index < -0.39 is 0 Å². The fourth-order valence-corrected chi connectivity index (χ4v) is 4.53. The lowest BCUT2D eigenvalue weighted by atomic mass is 9.77. The monoisotopic (exact) mass is 348 g/mol. The summed E-state index contributed by atoms with van der Waals surface area (Å²) in [5.41, 5.74) is 9.32. The van der Waals surface area contributed by atoms with Gasteiger partial charge >= 0.3 is 0 Å². The smallest absolute Gasteiger partial charge is 0.275 e. The molecule has 1 saturated heterocycles. The lowest BCUT2D eigenvalue weighted by Crippen LogP contribution is -2.48. The molecule has 1 aliphatic heterocycles. The van der Waals surface area contributed by atoms with Crippen LogP contribution in [0.3, 0.4) is 0 Å². The van der Waals surface area contributed by atoms with Crippen LogP contribution < -0.4 is 5.73 Å². The summed E-state index contributed by atoms with van der Waals surface area (Å²) in [6, 6.07) is 7.73. The second-order valence-corrected chi connectivity index (χ2v) is 7.33. The molecule has 1 fully saturated rings. The molecular formula is C19H20N6O. The highest BCUT2D eigenvalue weighted by Gasteiger charge is 2.45. The maximum Gasteiger partial charge on any atom is 0.275 e. The number of aromatic nitrogens is 4. The molecule has 3 N–H and O–H groups in total. The number of likely N-dealkylation sites (tertiary alicyclic amines) is 1. The molecule has 1 atom stereocenters. The van der Waals surface area contributed by atoms with Gasteiger partial charge in [0.05, 0.1) is 11.2 Å². The molecule has 3 heterocycles. The molecule has 132 valence electrons. The van der Waals surface area contributed by atoms with Gasteiger partial charge in [0.1, 0.15) is 0 Å². The summed E-state index contributed by atoms with van der Waals surface area (Å²) >= 11 is 0. The number of carbonyl (C=O) groups excluding carboxylic acids is 1. The Kier molecular flexibility index (Phi) is 3.25. The predicted octanol–water partition coefficient (Wildman–Crippen LogP) is 2.06. The highest BCUT2D eigenvalue weighted by Crippen LogP contribution is 2.44. The highest BCUT2D eigenvalue weighted by molar-refractivity contribution is 6.04. The summed E-state index contributed by atoms with van der Waals surface area (Å²) in [4.78, 5) is 23.8. The number of nitrogens with one attached hydrogen (secondary N) is 1. The van der Waals surface area contributed by atoms with Crippen molar-refractivity contribution in [2.75, 3.05) is 18.8 Å². The summed E-state index contributed by atoms with van der Waals surface area (Å²) in [6.45, 7) is 1.41. The van der Waals surface area contributed by atoms with Crippen molar-refractivity contribution in [3.05, 3.63) is 47.4 Å². The number of para-hydroxylation sites is 1. The molecule has 1 aromatic carbocycles. The van der Waals surface area contributed by atoms with Crippen LogP contribution in [0.1, 0.15) is 41.0 Å². The van der Waals surface area contributed by atoms with E-state index in [4.69, 9.17) is 5.73 Å². The number of H-pyrrole nitrogens is 1. The van der Waals surface area contributed by atoms with Crippen molar-refractivity contribution >= 4 is 22.8 Å². The Morgan fingerprint density at radius 2 is 2.15 bits per heavy atom. The number of nitrogens with two attached hydrogens (primary N) is 1. The third kappa shape index (κ3) is 2.20. The Hall–Kier alpha value is -2.96. The van der Waals surface area contributed by atoms with Crippen LogP contribution in [-0.4, -0.2) is 44.1 Å². The fourth-order valence-electron chi connectivity index (χ4n) is 4.53. The Bertz CT molecular complexity index is 1010. The van der Waals surface area contributed by atoms with E-state index in [1.165, 1.54) is 5.56 Å². The number of hydrogen-bond donors (Lipinski definition) is 2. The predicted molar refractivity (Wildman–Crippen MR) is 97.7 cm³/mol. The summed E-state index contributed by atoms with van der Waals surface area (Å²) in [7, 11) is 0. The summed E-state index contributed by atoms with van der Waals surface area (Å²) in [6.07, 6.45) is 5.77. The molecule has 7 heteroatoms. The molecule has 2 aliphatic rings. The van der Waals surface area contributed by atoms with Gasteiger partial charge in [-0.15, -0.1) is 0 Å². The number of anilines is 1. The molecular weight excluding hydrogens is 328 g/mol. The minimum Gasteiger partial charge on any atom is -0.368 e. The largest absolute Gasteiger partial charge is 0.368 e. The van der Waals surface area contributed by atoms with Crippen LogP contribution in [0.5, 0.6) is 0 Å². The molecule has 5 rings (SSSR count). The van der Waals surface area contributed by atoms with Gasteiger partial charge < -0.3 is 10.6 Å². The third-order valence-corrected chi connectivity index (χ3v) is 5.80. The molecule has 1 amide bonds. The van der Waals surface area contributed by atoms with Crippen LogP contribution in [0.2, 0.25) is 0 Å². The number of rotatable bonds is 1. The van der Waals surface area contributed by atoms with Crippen LogP contribution in [0.4, 0.5) is 5.95 Å². The van der Waals surface area contributed by atoms with Gasteiger partial charge in [-0.05, 0) is 37.3 Å². The number of aryl methyl sites for hydroxylation is 1. The van der Waals surface area contributed by atoms with E-state index in [0.29, 0.717) is 18.2 Å². The minimum atomic E-state index is -0.105. The SMILES string of the molecule is Nc1ncc2c(n1)C1(CCCN(C(=O)c3n[nH]c4ccccc34)C1)CC2.